The van der Waals surface area contributed by atoms with Crippen LogP contribution in [0.25, 0.3) is 0 Å². The maximum Gasteiger partial charge on any atom is 0.254 e. The van der Waals surface area contributed by atoms with Crippen molar-refractivity contribution >= 4 is 17.5 Å². The van der Waals surface area contributed by atoms with Crippen LogP contribution in [-0.4, -0.2) is 17.1 Å². The van der Waals surface area contributed by atoms with Gasteiger partial charge in [-0.15, -0.1) is 0 Å². The molecule has 0 bridgehead atoms. The lowest BCUT2D eigenvalue weighted by molar-refractivity contribution is 0.0848. The van der Waals surface area contributed by atoms with Gasteiger partial charge in [0.25, 0.3) is 5.91 Å². The maximum atomic E-state index is 13.7. The van der Waals surface area contributed by atoms with Crippen molar-refractivity contribution in [3.05, 3.63) is 70.2 Å². The highest BCUT2D eigenvalue weighted by Gasteiger charge is 2.20. The standard InChI is InChI=1S/C16H14ClF2NO2/c1-9(15(21)10-2-5-12(18)6-3-10)20-16(22)13-7-4-11(17)8-14(13)19/h2-9,15,21H,1H3,(H,20,22). The van der Waals surface area contributed by atoms with Crippen molar-refractivity contribution < 1.29 is 18.7 Å². The molecule has 0 fully saturated rings. The van der Waals surface area contributed by atoms with Crippen LogP contribution >= 0.6 is 11.6 Å². The van der Waals surface area contributed by atoms with Crippen molar-refractivity contribution in [2.24, 2.45) is 0 Å². The summed E-state index contributed by atoms with van der Waals surface area (Å²) in [5.41, 5.74) is 0.285. The SMILES string of the molecule is CC(NC(=O)c1ccc(Cl)cc1F)C(O)c1ccc(F)cc1. The number of aliphatic hydroxyl groups is 1. The number of carbonyl (C=O) groups excluding carboxylic acids is 1. The second kappa shape index (κ2) is 6.85. The summed E-state index contributed by atoms with van der Waals surface area (Å²) in [7, 11) is 0. The Kier molecular flexibility index (Phi) is 5.11. The second-order valence-corrected chi connectivity index (χ2v) is 5.32. The molecule has 2 atom stereocenters. The average molecular weight is 326 g/mol. The zero-order valence-electron chi connectivity index (χ0n) is 11.7. The molecule has 0 aliphatic heterocycles. The number of rotatable bonds is 4. The number of amides is 1. The highest BCUT2D eigenvalue weighted by Crippen LogP contribution is 2.19. The summed E-state index contributed by atoms with van der Waals surface area (Å²) in [5, 5.41) is 12.8. The van der Waals surface area contributed by atoms with Gasteiger partial charge < -0.3 is 10.4 Å². The van der Waals surface area contributed by atoms with Crippen molar-refractivity contribution in [3.63, 3.8) is 0 Å². The lowest BCUT2D eigenvalue weighted by Crippen LogP contribution is -2.37. The van der Waals surface area contributed by atoms with Crippen LogP contribution in [0.4, 0.5) is 8.78 Å². The van der Waals surface area contributed by atoms with Gasteiger partial charge in [-0.2, -0.15) is 0 Å². The Labute approximate surface area is 131 Å². The summed E-state index contributed by atoms with van der Waals surface area (Å²) in [6.45, 7) is 1.57. The number of nitrogens with one attached hydrogen (secondary N) is 1. The monoisotopic (exact) mass is 325 g/mol. The molecule has 2 rings (SSSR count). The van der Waals surface area contributed by atoms with E-state index in [1.807, 2.05) is 0 Å². The van der Waals surface area contributed by atoms with E-state index in [2.05, 4.69) is 5.32 Å². The summed E-state index contributed by atoms with van der Waals surface area (Å²) < 4.78 is 26.5. The number of halogens is 3. The Morgan fingerprint density at radius 3 is 2.41 bits per heavy atom. The van der Waals surface area contributed by atoms with E-state index in [9.17, 15) is 18.7 Å². The predicted molar refractivity (Wildman–Crippen MR) is 79.7 cm³/mol. The molecule has 0 aromatic heterocycles. The first-order chi connectivity index (χ1) is 10.4. The van der Waals surface area contributed by atoms with Crippen molar-refractivity contribution in [1.29, 1.82) is 0 Å². The van der Waals surface area contributed by atoms with E-state index in [1.54, 1.807) is 6.92 Å². The molecule has 22 heavy (non-hydrogen) atoms. The van der Waals surface area contributed by atoms with Crippen molar-refractivity contribution in [3.8, 4) is 0 Å². The normalized spacial score (nSPS) is 13.5. The molecule has 116 valence electrons. The van der Waals surface area contributed by atoms with Crippen LogP contribution < -0.4 is 5.32 Å². The Balaban J connectivity index is 2.08. The molecule has 2 N–H and O–H groups in total. The molecule has 1 amide bonds. The molecule has 0 spiro atoms. The molecule has 0 heterocycles. The molecule has 2 unspecified atom stereocenters. The quantitative estimate of drug-likeness (QED) is 0.904. The predicted octanol–water partition coefficient (Wildman–Crippen LogP) is 3.47. The first kappa shape index (κ1) is 16.4. The highest BCUT2D eigenvalue weighted by molar-refractivity contribution is 6.30. The number of hydrogen-bond acceptors (Lipinski definition) is 2. The van der Waals surface area contributed by atoms with Gasteiger partial charge in [0.1, 0.15) is 11.6 Å². The second-order valence-electron chi connectivity index (χ2n) is 4.88. The molecule has 2 aromatic rings. The van der Waals surface area contributed by atoms with Crippen molar-refractivity contribution in [2.45, 2.75) is 19.1 Å². The summed E-state index contributed by atoms with van der Waals surface area (Å²) >= 11 is 5.63. The third kappa shape index (κ3) is 3.81. The van der Waals surface area contributed by atoms with Crippen LogP contribution in [-0.2, 0) is 0 Å². The molecular formula is C16H14ClF2NO2. The molecule has 6 heteroatoms. The Morgan fingerprint density at radius 1 is 1.18 bits per heavy atom. The van der Waals surface area contributed by atoms with Gasteiger partial charge >= 0.3 is 0 Å². The number of benzene rings is 2. The number of carbonyl (C=O) groups is 1. The van der Waals surface area contributed by atoms with Crippen molar-refractivity contribution in [1.82, 2.24) is 5.32 Å². The molecule has 0 aliphatic rings. The maximum absolute atomic E-state index is 13.7. The lowest BCUT2D eigenvalue weighted by atomic mass is 10.0. The van der Waals surface area contributed by atoms with Gasteiger partial charge in [0.2, 0.25) is 0 Å². The fraction of sp³-hybridized carbons (Fsp3) is 0.188. The molecule has 0 radical (unpaired) electrons. The average Bonchev–Trinajstić information content (AvgIpc) is 2.47. The van der Waals surface area contributed by atoms with Crippen LogP contribution in [0.2, 0.25) is 5.02 Å². The van der Waals surface area contributed by atoms with Gasteiger partial charge in [-0.3, -0.25) is 4.79 Å². The smallest absolute Gasteiger partial charge is 0.254 e. The molecule has 0 saturated heterocycles. The fourth-order valence-electron chi connectivity index (χ4n) is 1.99. The van der Waals surface area contributed by atoms with Gasteiger partial charge in [0, 0.05) is 5.02 Å². The van der Waals surface area contributed by atoms with Crippen LogP contribution in [0.1, 0.15) is 28.9 Å². The van der Waals surface area contributed by atoms with E-state index in [1.165, 1.54) is 36.4 Å². The van der Waals surface area contributed by atoms with E-state index in [0.29, 0.717) is 5.56 Å². The van der Waals surface area contributed by atoms with Gasteiger partial charge in [-0.05, 0) is 42.8 Å². The molecule has 2 aromatic carbocycles. The lowest BCUT2D eigenvalue weighted by Gasteiger charge is -2.20. The van der Waals surface area contributed by atoms with Crippen LogP contribution in [0.5, 0.6) is 0 Å². The Morgan fingerprint density at radius 2 is 1.82 bits per heavy atom. The first-order valence-electron chi connectivity index (χ1n) is 6.58. The van der Waals surface area contributed by atoms with Gasteiger partial charge in [-0.25, -0.2) is 8.78 Å². The Bertz CT molecular complexity index is 676. The summed E-state index contributed by atoms with van der Waals surface area (Å²) in [5.74, 6) is -1.83. The zero-order valence-corrected chi connectivity index (χ0v) is 12.4. The van der Waals surface area contributed by atoms with E-state index in [-0.39, 0.29) is 10.6 Å². The van der Waals surface area contributed by atoms with E-state index in [0.717, 1.165) is 6.07 Å². The van der Waals surface area contributed by atoms with Gasteiger partial charge in [-0.1, -0.05) is 23.7 Å². The molecule has 0 aliphatic carbocycles. The van der Waals surface area contributed by atoms with Gasteiger partial charge in [0.15, 0.2) is 0 Å². The van der Waals surface area contributed by atoms with Crippen LogP contribution in [0, 0.1) is 11.6 Å². The number of aliphatic hydroxyl groups excluding tert-OH is 1. The van der Waals surface area contributed by atoms with E-state index in [4.69, 9.17) is 11.6 Å². The van der Waals surface area contributed by atoms with Crippen LogP contribution in [0.15, 0.2) is 42.5 Å². The van der Waals surface area contributed by atoms with Crippen molar-refractivity contribution in [2.75, 3.05) is 0 Å². The van der Waals surface area contributed by atoms with E-state index >= 15 is 0 Å². The first-order valence-corrected chi connectivity index (χ1v) is 6.95. The van der Waals surface area contributed by atoms with Gasteiger partial charge in [0.05, 0.1) is 17.7 Å². The fourth-order valence-corrected chi connectivity index (χ4v) is 2.14. The third-order valence-electron chi connectivity index (χ3n) is 3.22. The van der Waals surface area contributed by atoms with Crippen LogP contribution in [0.3, 0.4) is 0 Å². The summed E-state index contributed by atoms with van der Waals surface area (Å²) in [6.07, 6.45) is -1.04. The zero-order chi connectivity index (χ0) is 16.3. The topological polar surface area (TPSA) is 49.3 Å². The Hall–Kier alpha value is -1.98. The largest absolute Gasteiger partial charge is 0.386 e. The molecule has 0 saturated carbocycles. The van der Waals surface area contributed by atoms with E-state index < -0.39 is 29.7 Å². The summed E-state index contributed by atoms with van der Waals surface area (Å²) in [4.78, 5) is 12.0. The molecular weight excluding hydrogens is 312 g/mol. The third-order valence-corrected chi connectivity index (χ3v) is 3.45. The summed E-state index contributed by atoms with van der Waals surface area (Å²) in [6, 6.07) is 8.30. The minimum absolute atomic E-state index is 0.164. The highest BCUT2D eigenvalue weighted by atomic mass is 35.5. The minimum atomic E-state index is -1.04. The number of hydrogen-bond donors (Lipinski definition) is 2. The minimum Gasteiger partial charge on any atom is -0.386 e. The molecule has 3 nitrogen and oxygen atoms in total.